The summed E-state index contributed by atoms with van der Waals surface area (Å²) in [5.41, 5.74) is 1.62. The van der Waals surface area contributed by atoms with E-state index in [0.29, 0.717) is 21.7 Å². The number of ketones is 1. The summed E-state index contributed by atoms with van der Waals surface area (Å²) in [5.74, 6) is -0.293. The lowest BCUT2D eigenvalue weighted by Crippen LogP contribution is -2.18. The zero-order chi connectivity index (χ0) is 15.9. The molecular formula is C17H11BrClNO2. The molecule has 1 N–H and O–H groups in total. The van der Waals surface area contributed by atoms with Crippen molar-refractivity contribution in [1.82, 2.24) is 4.98 Å². The van der Waals surface area contributed by atoms with Crippen molar-refractivity contribution in [3.8, 4) is 11.1 Å². The first-order chi connectivity index (χ1) is 10.5. The van der Waals surface area contributed by atoms with Gasteiger partial charge in [0.2, 0.25) is 0 Å². The number of H-pyrrole nitrogens is 1. The van der Waals surface area contributed by atoms with Crippen molar-refractivity contribution in [3.05, 3.63) is 67.9 Å². The van der Waals surface area contributed by atoms with Crippen molar-refractivity contribution in [3.63, 3.8) is 0 Å². The van der Waals surface area contributed by atoms with Gasteiger partial charge in [0.1, 0.15) is 0 Å². The second-order valence-electron chi connectivity index (χ2n) is 4.93. The van der Waals surface area contributed by atoms with Gasteiger partial charge < -0.3 is 4.98 Å². The maximum Gasteiger partial charge on any atom is 0.259 e. The van der Waals surface area contributed by atoms with Gasteiger partial charge in [-0.05, 0) is 31.2 Å². The average Bonchev–Trinajstić information content (AvgIpc) is 2.47. The minimum atomic E-state index is -0.405. The normalized spacial score (nSPS) is 10.9. The number of hydrogen-bond donors (Lipinski definition) is 1. The van der Waals surface area contributed by atoms with Gasteiger partial charge in [0.15, 0.2) is 5.78 Å². The van der Waals surface area contributed by atoms with Crippen LogP contribution in [-0.2, 0) is 0 Å². The maximum absolute atomic E-state index is 12.3. The van der Waals surface area contributed by atoms with E-state index in [9.17, 15) is 9.59 Å². The summed E-state index contributed by atoms with van der Waals surface area (Å²) >= 11 is 9.72. The molecule has 0 saturated carbocycles. The van der Waals surface area contributed by atoms with Crippen molar-refractivity contribution in [2.45, 2.75) is 6.92 Å². The Morgan fingerprint density at radius 2 is 1.91 bits per heavy atom. The molecule has 1 heterocycles. The number of carbonyl (C=O) groups excluding carboxylic acids is 1. The summed E-state index contributed by atoms with van der Waals surface area (Å²) in [5, 5.41) is 1.27. The van der Waals surface area contributed by atoms with E-state index in [1.54, 1.807) is 12.1 Å². The predicted molar refractivity (Wildman–Crippen MR) is 92.7 cm³/mol. The van der Waals surface area contributed by atoms with Crippen LogP contribution in [0.15, 0.2) is 51.7 Å². The van der Waals surface area contributed by atoms with Gasteiger partial charge in [-0.3, -0.25) is 9.59 Å². The lowest BCUT2D eigenvalue weighted by Gasteiger charge is -2.12. The monoisotopic (exact) mass is 375 g/mol. The van der Waals surface area contributed by atoms with Crippen LogP contribution in [-0.4, -0.2) is 10.8 Å². The fourth-order valence-corrected chi connectivity index (χ4v) is 3.14. The third-order valence-electron chi connectivity index (χ3n) is 3.47. The molecule has 0 radical (unpaired) electrons. The van der Waals surface area contributed by atoms with Crippen molar-refractivity contribution in [1.29, 1.82) is 0 Å². The van der Waals surface area contributed by atoms with Gasteiger partial charge in [-0.2, -0.15) is 0 Å². The molecule has 2 aromatic carbocycles. The number of Topliss-reactive ketones (excluding diaryl/α,β-unsaturated/α-hetero) is 1. The van der Waals surface area contributed by atoms with Crippen LogP contribution >= 0.6 is 27.5 Å². The zero-order valence-corrected chi connectivity index (χ0v) is 14.0. The van der Waals surface area contributed by atoms with Gasteiger partial charge in [0.05, 0.1) is 5.56 Å². The molecule has 0 aliphatic rings. The van der Waals surface area contributed by atoms with E-state index in [-0.39, 0.29) is 11.3 Å². The molecule has 3 nitrogen and oxygen atoms in total. The molecule has 0 unspecified atom stereocenters. The smallest absolute Gasteiger partial charge is 0.259 e. The number of hydrogen-bond acceptors (Lipinski definition) is 2. The van der Waals surface area contributed by atoms with E-state index in [4.69, 9.17) is 11.6 Å². The highest BCUT2D eigenvalue weighted by atomic mass is 79.9. The lowest BCUT2D eigenvalue weighted by molar-refractivity contribution is 0.101. The Morgan fingerprint density at radius 3 is 2.59 bits per heavy atom. The van der Waals surface area contributed by atoms with Crippen molar-refractivity contribution in [2.24, 2.45) is 0 Å². The summed E-state index contributed by atoms with van der Waals surface area (Å²) in [7, 11) is 0. The molecule has 0 spiro atoms. The largest absolute Gasteiger partial charge is 0.321 e. The van der Waals surface area contributed by atoms with Crippen LogP contribution in [0, 0.1) is 0 Å². The van der Waals surface area contributed by atoms with Gasteiger partial charge >= 0.3 is 0 Å². The molecule has 0 bridgehead atoms. The topological polar surface area (TPSA) is 49.9 Å². The lowest BCUT2D eigenvalue weighted by atomic mass is 9.94. The second kappa shape index (κ2) is 5.71. The van der Waals surface area contributed by atoms with E-state index >= 15 is 0 Å². The summed E-state index contributed by atoms with van der Waals surface area (Å²) < 4.78 is 0.856. The van der Waals surface area contributed by atoms with Gasteiger partial charge in [-0.1, -0.05) is 45.7 Å². The summed E-state index contributed by atoms with van der Waals surface area (Å²) in [6.07, 6.45) is 0. The number of nitrogens with one attached hydrogen (secondary N) is 1. The highest BCUT2D eigenvalue weighted by Crippen LogP contribution is 2.35. The fourth-order valence-electron chi connectivity index (χ4n) is 2.54. The van der Waals surface area contributed by atoms with E-state index in [0.717, 1.165) is 9.86 Å². The Morgan fingerprint density at radius 1 is 1.18 bits per heavy atom. The minimum absolute atomic E-state index is 0.124. The summed E-state index contributed by atoms with van der Waals surface area (Å²) in [6.45, 7) is 1.38. The molecule has 0 atom stereocenters. The molecule has 5 heteroatoms. The van der Waals surface area contributed by atoms with Crippen LogP contribution in [0.5, 0.6) is 0 Å². The molecule has 0 saturated heterocycles. The Balaban J connectivity index is 2.57. The third-order valence-corrected chi connectivity index (χ3v) is 4.29. The maximum atomic E-state index is 12.3. The number of carbonyl (C=O) groups is 1. The predicted octanol–water partition coefficient (Wildman–Crippen LogP) is 4.81. The number of aromatic amines is 1. The molecular weight excluding hydrogens is 366 g/mol. The van der Waals surface area contributed by atoms with Crippen LogP contribution in [0.3, 0.4) is 0 Å². The summed E-state index contributed by atoms with van der Waals surface area (Å²) in [4.78, 5) is 27.1. The minimum Gasteiger partial charge on any atom is -0.321 e. The number of fused-ring (bicyclic) bond motifs is 1. The zero-order valence-electron chi connectivity index (χ0n) is 11.6. The Labute approximate surface area is 140 Å². The SMILES string of the molecule is CC(=O)c1c(-c2ccccc2Cl)c2cc(Br)ccc2[nH]c1=O. The van der Waals surface area contributed by atoms with Crippen molar-refractivity contribution < 1.29 is 4.79 Å². The molecule has 22 heavy (non-hydrogen) atoms. The standard InChI is InChI=1S/C17H11BrClNO2/c1-9(21)15-16(11-4-2-3-5-13(11)19)12-8-10(18)6-7-14(12)20-17(15)22/h2-8H,1H3,(H,20,22). The highest BCUT2D eigenvalue weighted by Gasteiger charge is 2.19. The highest BCUT2D eigenvalue weighted by molar-refractivity contribution is 9.10. The van der Waals surface area contributed by atoms with E-state index < -0.39 is 5.56 Å². The Bertz CT molecular complexity index is 963. The number of halogens is 2. The van der Waals surface area contributed by atoms with Crippen LogP contribution in [0.1, 0.15) is 17.3 Å². The third kappa shape index (κ3) is 2.49. The quantitative estimate of drug-likeness (QED) is 0.652. The molecule has 3 rings (SSSR count). The average molecular weight is 377 g/mol. The van der Waals surface area contributed by atoms with Gasteiger partial charge in [0, 0.05) is 31.5 Å². The molecule has 3 aromatic rings. The number of pyridine rings is 1. The second-order valence-corrected chi connectivity index (χ2v) is 6.25. The molecule has 0 aliphatic carbocycles. The van der Waals surface area contributed by atoms with Crippen LogP contribution < -0.4 is 5.56 Å². The molecule has 110 valence electrons. The first-order valence-electron chi connectivity index (χ1n) is 6.60. The first kappa shape index (κ1) is 15.0. The summed E-state index contributed by atoms with van der Waals surface area (Å²) in [6, 6.07) is 12.7. The number of aromatic nitrogens is 1. The van der Waals surface area contributed by atoms with Gasteiger partial charge in [0.25, 0.3) is 5.56 Å². The van der Waals surface area contributed by atoms with Gasteiger partial charge in [-0.15, -0.1) is 0 Å². The number of rotatable bonds is 2. The van der Waals surface area contributed by atoms with Crippen LogP contribution in [0.2, 0.25) is 5.02 Å². The molecule has 0 aliphatic heterocycles. The molecule has 0 fully saturated rings. The van der Waals surface area contributed by atoms with Crippen molar-refractivity contribution in [2.75, 3.05) is 0 Å². The first-order valence-corrected chi connectivity index (χ1v) is 7.77. The number of benzene rings is 2. The molecule has 1 aromatic heterocycles. The van der Waals surface area contributed by atoms with Crippen LogP contribution in [0.25, 0.3) is 22.0 Å². The Hall–Kier alpha value is -1.91. The fraction of sp³-hybridized carbons (Fsp3) is 0.0588. The van der Waals surface area contributed by atoms with Crippen molar-refractivity contribution >= 4 is 44.2 Å². The van der Waals surface area contributed by atoms with Crippen LogP contribution in [0.4, 0.5) is 0 Å². The van der Waals surface area contributed by atoms with Gasteiger partial charge in [-0.25, -0.2) is 0 Å². The van der Waals surface area contributed by atoms with E-state index in [1.807, 2.05) is 30.3 Å². The molecule has 0 amide bonds. The Kier molecular flexibility index (Phi) is 3.89. The van der Waals surface area contributed by atoms with E-state index in [1.165, 1.54) is 6.92 Å². The van der Waals surface area contributed by atoms with E-state index in [2.05, 4.69) is 20.9 Å².